The molecule has 7 heteroatoms. The number of rotatable bonds is 4. The smallest absolute Gasteiger partial charge is 0.410 e. The highest BCUT2D eigenvalue weighted by Gasteiger charge is 2.24. The standard InChI is InChI=1S/C17H24N2O5/c1-17(2,3)24-16(23)19(6)10-11-8-7-9-12(13(11)15(21)22)14(20)18(4)5/h7-9H,10H2,1-6H3,(H,21,22). The lowest BCUT2D eigenvalue weighted by atomic mass is 9.99. The van der Waals surface area contributed by atoms with Gasteiger partial charge in [-0.1, -0.05) is 12.1 Å². The Labute approximate surface area is 141 Å². The SMILES string of the molecule is CN(C)C(=O)c1cccc(CN(C)C(=O)OC(C)(C)C)c1C(=O)O. The maximum atomic E-state index is 12.2. The van der Waals surface area contributed by atoms with Gasteiger partial charge >= 0.3 is 12.1 Å². The van der Waals surface area contributed by atoms with Gasteiger partial charge in [-0.3, -0.25) is 4.79 Å². The molecular weight excluding hydrogens is 312 g/mol. The average molecular weight is 336 g/mol. The third kappa shape index (κ3) is 4.97. The van der Waals surface area contributed by atoms with Crippen LogP contribution in [0.3, 0.4) is 0 Å². The average Bonchev–Trinajstić information content (AvgIpc) is 2.43. The van der Waals surface area contributed by atoms with E-state index in [1.807, 2.05) is 0 Å². The Bertz CT molecular complexity index is 647. The lowest BCUT2D eigenvalue weighted by Crippen LogP contribution is -2.34. The molecule has 1 aromatic carbocycles. The molecule has 0 unspecified atom stereocenters. The van der Waals surface area contributed by atoms with Gasteiger partial charge in [0.15, 0.2) is 0 Å². The molecule has 0 atom stereocenters. The van der Waals surface area contributed by atoms with Crippen LogP contribution >= 0.6 is 0 Å². The summed E-state index contributed by atoms with van der Waals surface area (Å²) in [6, 6.07) is 4.64. The van der Waals surface area contributed by atoms with Gasteiger partial charge in [-0.15, -0.1) is 0 Å². The quantitative estimate of drug-likeness (QED) is 0.912. The molecule has 132 valence electrons. The highest BCUT2D eigenvalue weighted by Crippen LogP contribution is 2.19. The van der Waals surface area contributed by atoms with Crippen LogP contribution in [0.25, 0.3) is 0 Å². The molecule has 1 rings (SSSR count). The first kappa shape index (κ1) is 19.5. The van der Waals surface area contributed by atoms with Gasteiger partial charge in [0.1, 0.15) is 5.60 Å². The van der Waals surface area contributed by atoms with Crippen molar-refractivity contribution in [2.45, 2.75) is 32.9 Å². The Balaban J connectivity index is 3.16. The number of carbonyl (C=O) groups excluding carboxylic acids is 2. The monoisotopic (exact) mass is 336 g/mol. The number of aromatic carboxylic acids is 1. The number of hydrogen-bond donors (Lipinski definition) is 1. The molecule has 0 aliphatic carbocycles. The maximum Gasteiger partial charge on any atom is 0.410 e. The van der Waals surface area contributed by atoms with Crippen molar-refractivity contribution in [2.75, 3.05) is 21.1 Å². The van der Waals surface area contributed by atoms with E-state index in [0.717, 1.165) is 0 Å². The molecule has 0 bridgehead atoms. The molecule has 0 heterocycles. The maximum absolute atomic E-state index is 12.2. The van der Waals surface area contributed by atoms with Crippen LogP contribution in [0.15, 0.2) is 18.2 Å². The van der Waals surface area contributed by atoms with Crippen LogP contribution < -0.4 is 0 Å². The van der Waals surface area contributed by atoms with Crippen LogP contribution in [0.4, 0.5) is 4.79 Å². The van der Waals surface area contributed by atoms with Crippen molar-refractivity contribution in [1.29, 1.82) is 0 Å². The van der Waals surface area contributed by atoms with Gasteiger partial charge in [-0.25, -0.2) is 9.59 Å². The summed E-state index contributed by atoms with van der Waals surface area (Å²) >= 11 is 0. The zero-order chi connectivity index (χ0) is 18.7. The summed E-state index contributed by atoms with van der Waals surface area (Å²) in [5.41, 5.74) is -0.304. The van der Waals surface area contributed by atoms with Crippen molar-refractivity contribution in [3.05, 3.63) is 34.9 Å². The fourth-order valence-corrected chi connectivity index (χ4v) is 2.06. The predicted molar refractivity (Wildman–Crippen MR) is 89.1 cm³/mol. The van der Waals surface area contributed by atoms with Crippen molar-refractivity contribution < 1.29 is 24.2 Å². The zero-order valence-corrected chi connectivity index (χ0v) is 14.9. The second-order valence-corrected chi connectivity index (χ2v) is 6.68. The minimum Gasteiger partial charge on any atom is -0.478 e. The van der Waals surface area contributed by atoms with Crippen LogP contribution in [-0.2, 0) is 11.3 Å². The predicted octanol–water partition coefficient (Wildman–Crippen LogP) is 2.45. The lowest BCUT2D eigenvalue weighted by Gasteiger charge is -2.25. The Kier molecular flexibility index (Phi) is 5.95. The summed E-state index contributed by atoms with van der Waals surface area (Å²) in [5, 5.41) is 9.51. The molecule has 2 amide bonds. The van der Waals surface area contributed by atoms with Crippen LogP contribution in [-0.4, -0.2) is 59.6 Å². The van der Waals surface area contributed by atoms with Crippen LogP contribution in [0.5, 0.6) is 0 Å². The minimum absolute atomic E-state index is 0.0189. The first-order valence-electron chi connectivity index (χ1n) is 7.45. The fourth-order valence-electron chi connectivity index (χ4n) is 2.06. The molecular formula is C17H24N2O5. The highest BCUT2D eigenvalue weighted by atomic mass is 16.6. The Morgan fingerprint density at radius 1 is 1.12 bits per heavy atom. The van der Waals surface area contributed by atoms with Gasteiger partial charge in [-0.05, 0) is 32.4 Å². The van der Waals surface area contributed by atoms with E-state index in [9.17, 15) is 19.5 Å². The van der Waals surface area contributed by atoms with E-state index in [2.05, 4.69) is 0 Å². The number of carboxylic acid groups (broad SMARTS) is 1. The summed E-state index contributed by atoms with van der Waals surface area (Å²) in [7, 11) is 4.61. The number of carbonyl (C=O) groups is 3. The summed E-state index contributed by atoms with van der Waals surface area (Å²) < 4.78 is 5.25. The Morgan fingerprint density at radius 2 is 1.71 bits per heavy atom. The van der Waals surface area contributed by atoms with E-state index in [4.69, 9.17) is 4.74 Å². The van der Waals surface area contributed by atoms with Gasteiger partial charge in [0.25, 0.3) is 5.91 Å². The van der Waals surface area contributed by atoms with E-state index < -0.39 is 23.6 Å². The molecule has 7 nitrogen and oxygen atoms in total. The van der Waals surface area contributed by atoms with E-state index >= 15 is 0 Å². The van der Waals surface area contributed by atoms with E-state index in [0.29, 0.717) is 5.56 Å². The first-order chi connectivity index (χ1) is 10.9. The summed E-state index contributed by atoms with van der Waals surface area (Å²) in [4.78, 5) is 38.5. The molecule has 0 fully saturated rings. The zero-order valence-electron chi connectivity index (χ0n) is 14.9. The molecule has 0 radical (unpaired) electrons. The molecule has 0 saturated heterocycles. The Morgan fingerprint density at radius 3 is 2.17 bits per heavy atom. The lowest BCUT2D eigenvalue weighted by molar-refractivity contribution is 0.0283. The molecule has 1 aromatic rings. The summed E-state index contributed by atoms with van der Waals surface area (Å²) in [6.45, 7) is 5.26. The number of ether oxygens (including phenoxy) is 1. The Hall–Kier alpha value is -2.57. The number of benzene rings is 1. The van der Waals surface area contributed by atoms with Gasteiger partial charge in [0, 0.05) is 27.7 Å². The molecule has 0 aromatic heterocycles. The summed E-state index contributed by atoms with van der Waals surface area (Å²) in [5.74, 6) is -1.62. The third-order valence-corrected chi connectivity index (χ3v) is 3.11. The summed E-state index contributed by atoms with van der Waals surface area (Å²) in [6.07, 6.45) is -0.567. The molecule has 24 heavy (non-hydrogen) atoms. The minimum atomic E-state index is -1.21. The highest BCUT2D eigenvalue weighted by molar-refractivity contribution is 6.05. The number of amides is 2. The van der Waals surface area contributed by atoms with Gasteiger partial charge in [-0.2, -0.15) is 0 Å². The second kappa shape index (κ2) is 7.33. The molecule has 0 spiro atoms. The van der Waals surface area contributed by atoms with E-state index in [1.165, 1.54) is 22.9 Å². The van der Waals surface area contributed by atoms with Crippen LogP contribution in [0, 0.1) is 0 Å². The topological polar surface area (TPSA) is 87.2 Å². The van der Waals surface area contributed by atoms with Gasteiger partial charge < -0.3 is 19.6 Å². The second-order valence-electron chi connectivity index (χ2n) is 6.68. The number of hydrogen-bond acceptors (Lipinski definition) is 4. The van der Waals surface area contributed by atoms with Crippen molar-refractivity contribution in [3.8, 4) is 0 Å². The molecule has 1 N–H and O–H groups in total. The fraction of sp³-hybridized carbons (Fsp3) is 0.471. The molecule has 0 aliphatic heterocycles. The van der Waals surface area contributed by atoms with E-state index in [-0.39, 0.29) is 17.7 Å². The van der Waals surface area contributed by atoms with Gasteiger partial charge in [0.2, 0.25) is 0 Å². The van der Waals surface area contributed by atoms with Crippen molar-refractivity contribution in [3.63, 3.8) is 0 Å². The van der Waals surface area contributed by atoms with Crippen molar-refractivity contribution >= 4 is 18.0 Å². The number of carboxylic acids is 1. The normalized spacial score (nSPS) is 10.9. The molecule has 0 aliphatic rings. The first-order valence-corrected chi connectivity index (χ1v) is 7.45. The van der Waals surface area contributed by atoms with Crippen LogP contribution in [0.1, 0.15) is 47.1 Å². The third-order valence-electron chi connectivity index (χ3n) is 3.11. The molecule has 0 saturated carbocycles. The van der Waals surface area contributed by atoms with E-state index in [1.54, 1.807) is 47.0 Å². The van der Waals surface area contributed by atoms with Crippen molar-refractivity contribution in [1.82, 2.24) is 9.80 Å². The number of nitrogens with zero attached hydrogens (tertiary/aromatic N) is 2. The van der Waals surface area contributed by atoms with Gasteiger partial charge in [0.05, 0.1) is 11.1 Å². The van der Waals surface area contributed by atoms with Crippen LogP contribution in [0.2, 0.25) is 0 Å². The van der Waals surface area contributed by atoms with Crippen molar-refractivity contribution in [2.24, 2.45) is 0 Å². The largest absolute Gasteiger partial charge is 0.478 e.